The first-order valence-corrected chi connectivity index (χ1v) is 4.65. The SMILES string of the molecule is C=C(F)C1(CC)CCC(F)(F)CC1. The molecule has 0 amide bonds. The van der Waals surface area contributed by atoms with Crippen LogP contribution in [0.5, 0.6) is 0 Å². The van der Waals surface area contributed by atoms with Gasteiger partial charge in [0.2, 0.25) is 5.92 Å². The van der Waals surface area contributed by atoms with Crippen LogP contribution in [0.15, 0.2) is 12.4 Å². The van der Waals surface area contributed by atoms with Crippen LogP contribution in [0, 0.1) is 5.41 Å². The van der Waals surface area contributed by atoms with Gasteiger partial charge in [0, 0.05) is 18.3 Å². The monoisotopic (exact) mass is 192 g/mol. The Labute approximate surface area is 76.8 Å². The van der Waals surface area contributed by atoms with Crippen LogP contribution in [0.2, 0.25) is 0 Å². The van der Waals surface area contributed by atoms with Gasteiger partial charge < -0.3 is 0 Å². The molecule has 3 heteroatoms. The summed E-state index contributed by atoms with van der Waals surface area (Å²) < 4.78 is 38.6. The molecule has 1 fully saturated rings. The molecule has 0 spiro atoms. The van der Waals surface area contributed by atoms with Gasteiger partial charge in [-0.05, 0) is 19.3 Å². The average Bonchev–Trinajstić information content (AvgIpc) is 2.05. The summed E-state index contributed by atoms with van der Waals surface area (Å²) in [5.41, 5.74) is -0.665. The van der Waals surface area contributed by atoms with E-state index >= 15 is 0 Å². The van der Waals surface area contributed by atoms with Crippen LogP contribution >= 0.6 is 0 Å². The zero-order valence-corrected chi connectivity index (χ0v) is 7.88. The van der Waals surface area contributed by atoms with E-state index in [1.807, 2.05) is 6.92 Å². The van der Waals surface area contributed by atoms with Gasteiger partial charge in [-0.25, -0.2) is 13.2 Å². The van der Waals surface area contributed by atoms with Crippen molar-refractivity contribution < 1.29 is 13.2 Å². The zero-order valence-electron chi connectivity index (χ0n) is 7.88. The number of hydrogen-bond donors (Lipinski definition) is 0. The highest BCUT2D eigenvalue weighted by molar-refractivity contribution is 5.05. The van der Waals surface area contributed by atoms with Crippen LogP contribution in [-0.4, -0.2) is 5.92 Å². The maximum absolute atomic E-state index is 13.1. The molecule has 0 unspecified atom stereocenters. The second-order valence-electron chi connectivity index (χ2n) is 3.89. The molecule has 0 bridgehead atoms. The van der Waals surface area contributed by atoms with E-state index in [9.17, 15) is 13.2 Å². The molecule has 0 aromatic carbocycles. The van der Waals surface area contributed by atoms with E-state index in [1.165, 1.54) is 0 Å². The normalized spacial score (nSPS) is 25.5. The van der Waals surface area contributed by atoms with Gasteiger partial charge in [-0.3, -0.25) is 0 Å². The summed E-state index contributed by atoms with van der Waals surface area (Å²) in [5.74, 6) is -3.01. The standard InChI is InChI=1S/C10H15F3/c1-3-9(8(2)11)4-6-10(12,13)7-5-9/h2-7H2,1H3. The van der Waals surface area contributed by atoms with E-state index in [2.05, 4.69) is 6.58 Å². The summed E-state index contributed by atoms with van der Waals surface area (Å²) >= 11 is 0. The highest BCUT2D eigenvalue weighted by Crippen LogP contribution is 2.49. The highest BCUT2D eigenvalue weighted by atomic mass is 19.3. The Bertz CT molecular complexity index is 198. The summed E-state index contributed by atoms with van der Waals surface area (Å²) in [7, 11) is 0. The van der Waals surface area contributed by atoms with Crippen molar-refractivity contribution in [3.63, 3.8) is 0 Å². The van der Waals surface area contributed by atoms with Crippen molar-refractivity contribution in [3.05, 3.63) is 12.4 Å². The molecule has 1 rings (SSSR count). The van der Waals surface area contributed by atoms with Crippen molar-refractivity contribution in [1.82, 2.24) is 0 Å². The summed E-state index contributed by atoms with van der Waals surface area (Å²) in [6.45, 7) is 5.09. The first-order valence-electron chi connectivity index (χ1n) is 4.65. The van der Waals surface area contributed by atoms with Crippen molar-refractivity contribution in [2.45, 2.75) is 45.0 Å². The predicted octanol–water partition coefficient (Wildman–Crippen LogP) is 4.08. The van der Waals surface area contributed by atoms with Crippen LogP contribution < -0.4 is 0 Å². The lowest BCUT2D eigenvalue weighted by Gasteiger charge is -2.38. The van der Waals surface area contributed by atoms with E-state index < -0.39 is 17.2 Å². The fourth-order valence-electron chi connectivity index (χ4n) is 1.91. The van der Waals surface area contributed by atoms with Gasteiger partial charge >= 0.3 is 0 Å². The Morgan fingerprint density at radius 3 is 2.00 bits per heavy atom. The maximum atomic E-state index is 13.1. The molecular weight excluding hydrogens is 177 g/mol. The van der Waals surface area contributed by atoms with Gasteiger partial charge in [0.1, 0.15) is 0 Å². The Kier molecular flexibility index (Phi) is 2.74. The van der Waals surface area contributed by atoms with Crippen LogP contribution in [0.3, 0.4) is 0 Å². The third kappa shape index (κ3) is 2.06. The molecule has 76 valence electrons. The van der Waals surface area contributed by atoms with Crippen molar-refractivity contribution in [3.8, 4) is 0 Å². The highest BCUT2D eigenvalue weighted by Gasteiger charge is 2.44. The molecule has 1 aliphatic carbocycles. The van der Waals surface area contributed by atoms with E-state index in [1.54, 1.807) is 0 Å². The Balaban J connectivity index is 2.69. The van der Waals surface area contributed by atoms with E-state index in [4.69, 9.17) is 0 Å². The van der Waals surface area contributed by atoms with Gasteiger partial charge in [0.15, 0.2) is 0 Å². The molecule has 0 aromatic heterocycles. The minimum Gasteiger partial charge on any atom is -0.212 e. The maximum Gasteiger partial charge on any atom is 0.248 e. The molecule has 1 aliphatic rings. The van der Waals surface area contributed by atoms with Gasteiger partial charge in [-0.15, -0.1) is 0 Å². The molecule has 0 atom stereocenters. The number of allylic oxidation sites excluding steroid dienone is 1. The van der Waals surface area contributed by atoms with Gasteiger partial charge in [-0.1, -0.05) is 13.5 Å². The van der Waals surface area contributed by atoms with E-state index in [-0.39, 0.29) is 25.7 Å². The largest absolute Gasteiger partial charge is 0.248 e. The molecule has 0 saturated heterocycles. The van der Waals surface area contributed by atoms with Gasteiger partial charge in [0.25, 0.3) is 0 Å². The third-order valence-electron chi connectivity index (χ3n) is 3.19. The van der Waals surface area contributed by atoms with Gasteiger partial charge in [0.05, 0.1) is 5.83 Å². The smallest absolute Gasteiger partial charge is 0.212 e. The molecule has 0 nitrogen and oxygen atoms in total. The number of rotatable bonds is 2. The molecule has 0 aliphatic heterocycles. The fraction of sp³-hybridized carbons (Fsp3) is 0.800. The second-order valence-corrected chi connectivity index (χ2v) is 3.89. The quantitative estimate of drug-likeness (QED) is 0.618. The summed E-state index contributed by atoms with van der Waals surface area (Å²) in [6.07, 6.45) is 0.615. The molecule has 0 N–H and O–H groups in total. The fourth-order valence-corrected chi connectivity index (χ4v) is 1.91. The van der Waals surface area contributed by atoms with Crippen LogP contribution in [0.1, 0.15) is 39.0 Å². The molecule has 0 aromatic rings. The van der Waals surface area contributed by atoms with E-state index in [0.717, 1.165) is 0 Å². The predicted molar refractivity (Wildman–Crippen MR) is 46.4 cm³/mol. The second kappa shape index (κ2) is 3.35. The van der Waals surface area contributed by atoms with Crippen molar-refractivity contribution in [2.24, 2.45) is 5.41 Å². The summed E-state index contributed by atoms with van der Waals surface area (Å²) in [5, 5.41) is 0. The molecule has 1 saturated carbocycles. The van der Waals surface area contributed by atoms with Crippen molar-refractivity contribution >= 4 is 0 Å². The minimum absolute atomic E-state index is 0.205. The number of halogens is 3. The molecule has 13 heavy (non-hydrogen) atoms. The van der Waals surface area contributed by atoms with Crippen LogP contribution in [0.25, 0.3) is 0 Å². The lowest BCUT2D eigenvalue weighted by Crippen LogP contribution is -2.33. The molecule has 0 heterocycles. The Hall–Kier alpha value is -0.470. The van der Waals surface area contributed by atoms with Gasteiger partial charge in [-0.2, -0.15) is 0 Å². The minimum atomic E-state index is -2.59. The zero-order chi connectivity index (χ0) is 10.1. The third-order valence-corrected chi connectivity index (χ3v) is 3.19. The Morgan fingerprint density at radius 1 is 1.23 bits per heavy atom. The molecule has 0 radical (unpaired) electrons. The lowest BCUT2D eigenvalue weighted by molar-refractivity contribution is -0.0637. The topological polar surface area (TPSA) is 0 Å². The van der Waals surface area contributed by atoms with Crippen molar-refractivity contribution in [1.29, 1.82) is 0 Å². The lowest BCUT2D eigenvalue weighted by atomic mass is 9.70. The number of hydrogen-bond acceptors (Lipinski definition) is 0. The Morgan fingerprint density at radius 2 is 1.69 bits per heavy atom. The first-order chi connectivity index (χ1) is 5.92. The van der Waals surface area contributed by atoms with Crippen LogP contribution in [0.4, 0.5) is 13.2 Å². The van der Waals surface area contributed by atoms with Crippen molar-refractivity contribution in [2.75, 3.05) is 0 Å². The summed E-state index contributed by atoms with van der Waals surface area (Å²) in [4.78, 5) is 0. The number of alkyl halides is 2. The first kappa shape index (κ1) is 10.6. The average molecular weight is 192 g/mol. The molecular formula is C10H15F3. The summed E-state index contributed by atoms with van der Waals surface area (Å²) in [6, 6.07) is 0. The van der Waals surface area contributed by atoms with Crippen LogP contribution in [-0.2, 0) is 0 Å². The van der Waals surface area contributed by atoms with E-state index in [0.29, 0.717) is 6.42 Å².